The van der Waals surface area contributed by atoms with Gasteiger partial charge in [-0.3, -0.25) is 4.79 Å². The molecule has 1 aromatic heterocycles. The van der Waals surface area contributed by atoms with Crippen molar-refractivity contribution in [2.75, 3.05) is 0 Å². The summed E-state index contributed by atoms with van der Waals surface area (Å²) in [6, 6.07) is 0. The van der Waals surface area contributed by atoms with E-state index in [0.29, 0.717) is 5.92 Å². The molecule has 0 fully saturated rings. The topological polar surface area (TPSA) is 55.1 Å². The first-order valence-electron chi connectivity index (χ1n) is 4.73. The Morgan fingerprint density at radius 3 is 2.79 bits per heavy atom. The number of imidazole rings is 1. The second kappa shape index (κ2) is 4.26. The summed E-state index contributed by atoms with van der Waals surface area (Å²) in [4.78, 5) is 14.8. The van der Waals surface area contributed by atoms with Gasteiger partial charge in [0.15, 0.2) is 0 Å². The Bertz CT molecular complexity index is 329. The lowest BCUT2D eigenvalue weighted by Crippen LogP contribution is -2.08. The quantitative estimate of drug-likeness (QED) is 0.793. The zero-order valence-electron chi connectivity index (χ0n) is 8.82. The standard InChI is InChI=1S/C10H16N2O2/c1-7(2)4-9-5-12(6-10(13)14)8(3)11-9/h5,7H,4,6H2,1-3H3,(H,13,14). The lowest BCUT2D eigenvalue weighted by Gasteiger charge is -1.99. The number of rotatable bonds is 4. The SMILES string of the molecule is Cc1nc(CC(C)C)cn1CC(=O)O. The largest absolute Gasteiger partial charge is 0.480 e. The van der Waals surface area contributed by atoms with Crippen molar-refractivity contribution in [3.63, 3.8) is 0 Å². The van der Waals surface area contributed by atoms with Crippen LogP contribution in [0, 0.1) is 12.8 Å². The highest BCUT2D eigenvalue weighted by atomic mass is 16.4. The Balaban J connectivity index is 2.76. The second-order valence-electron chi connectivity index (χ2n) is 3.90. The van der Waals surface area contributed by atoms with E-state index in [-0.39, 0.29) is 6.54 Å². The molecule has 0 atom stereocenters. The molecule has 1 rings (SSSR count). The van der Waals surface area contributed by atoms with E-state index >= 15 is 0 Å². The predicted molar refractivity (Wildman–Crippen MR) is 53.1 cm³/mol. The van der Waals surface area contributed by atoms with E-state index in [1.54, 1.807) is 4.57 Å². The number of hydrogen-bond donors (Lipinski definition) is 1. The van der Waals surface area contributed by atoms with Crippen LogP contribution in [0.3, 0.4) is 0 Å². The Hall–Kier alpha value is -1.32. The highest BCUT2D eigenvalue weighted by Gasteiger charge is 2.07. The molecule has 1 heterocycles. The molecule has 0 bridgehead atoms. The van der Waals surface area contributed by atoms with Crippen molar-refractivity contribution in [3.8, 4) is 0 Å². The molecule has 1 aromatic rings. The average Bonchev–Trinajstić information content (AvgIpc) is 2.28. The van der Waals surface area contributed by atoms with Crippen molar-refractivity contribution in [1.29, 1.82) is 0 Å². The lowest BCUT2D eigenvalue weighted by molar-refractivity contribution is -0.137. The van der Waals surface area contributed by atoms with Gasteiger partial charge in [0.25, 0.3) is 0 Å². The number of carboxylic acid groups (broad SMARTS) is 1. The van der Waals surface area contributed by atoms with Gasteiger partial charge in [-0.1, -0.05) is 13.8 Å². The van der Waals surface area contributed by atoms with Crippen LogP contribution < -0.4 is 0 Å². The summed E-state index contributed by atoms with van der Waals surface area (Å²) < 4.78 is 1.67. The third-order valence-electron chi connectivity index (χ3n) is 1.95. The summed E-state index contributed by atoms with van der Waals surface area (Å²) in [5, 5.41) is 8.63. The van der Waals surface area contributed by atoms with Gasteiger partial charge < -0.3 is 9.67 Å². The van der Waals surface area contributed by atoms with Crippen LogP contribution in [0.4, 0.5) is 0 Å². The Morgan fingerprint density at radius 2 is 2.29 bits per heavy atom. The van der Waals surface area contributed by atoms with Crippen molar-refractivity contribution in [3.05, 3.63) is 17.7 Å². The number of aliphatic carboxylic acids is 1. The number of nitrogens with zero attached hydrogens (tertiary/aromatic N) is 2. The number of aryl methyl sites for hydroxylation is 1. The molecule has 0 spiro atoms. The summed E-state index contributed by atoms with van der Waals surface area (Å²) in [5.74, 6) is 0.479. The number of aromatic nitrogens is 2. The number of hydrogen-bond acceptors (Lipinski definition) is 2. The minimum Gasteiger partial charge on any atom is -0.480 e. The molecule has 0 radical (unpaired) electrons. The molecule has 0 aliphatic rings. The van der Waals surface area contributed by atoms with Gasteiger partial charge in [-0.05, 0) is 19.3 Å². The first-order valence-corrected chi connectivity index (χ1v) is 4.73. The van der Waals surface area contributed by atoms with E-state index in [1.165, 1.54) is 0 Å². The third kappa shape index (κ3) is 2.87. The molecule has 0 saturated heterocycles. The maximum atomic E-state index is 10.5. The highest BCUT2D eigenvalue weighted by molar-refractivity contribution is 5.66. The summed E-state index contributed by atoms with van der Waals surface area (Å²) in [7, 11) is 0. The van der Waals surface area contributed by atoms with E-state index in [0.717, 1.165) is 17.9 Å². The second-order valence-corrected chi connectivity index (χ2v) is 3.90. The molecule has 0 aliphatic heterocycles. The van der Waals surface area contributed by atoms with Crippen molar-refractivity contribution in [1.82, 2.24) is 9.55 Å². The van der Waals surface area contributed by atoms with Gasteiger partial charge in [-0.2, -0.15) is 0 Å². The van der Waals surface area contributed by atoms with E-state index in [1.807, 2.05) is 13.1 Å². The van der Waals surface area contributed by atoms with Gasteiger partial charge in [0, 0.05) is 6.20 Å². The fourth-order valence-electron chi connectivity index (χ4n) is 1.40. The molecule has 4 heteroatoms. The zero-order chi connectivity index (χ0) is 10.7. The van der Waals surface area contributed by atoms with Crippen molar-refractivity contribution in [2.24, 2.45) is 5.92 Å². The van der Waals surface area contributed by atoms with Crippen LogP contribution in [0.2, 0.25) is 0 Å². The first kappa shape index (κ1) is 10.8. The highest BCUT2D eigenvalue weighted by Crippen LogP contribution is 2.08. The number of carbonyl (C=O) groups is 1. The maximum Gasteiger partial charge on any atom is 0.323 e. The molecular weight excluding hydrogens is 180 g/mol. The van der Waals surface area contributed by atoms with E-state index < -0.39 is 5.97 Å². The molecule has 0 aromatic carbocycles. The molecule has 0 saturated carbocycles. The average molecular weight is 196 g/mol. The van der Waals surface area contributed by atoms with Crippen LogP contribution in [0.5, 0.6) is 0 Å². The molecule has 78 valence electrons. The summed E-state index contributed by atoms with van der Waals surface area (Å²) >= 11 is 0. The monoisotopic (exact) mass is 196 g/mol. The summed E-state index contributed by atoms with van der Waals surface area (Å²) in [5.41, 5.74) is 0.971. The van der Waals surface area contributed by atoms with Gasteiger partial charge in [-0.25, -0.2) is 4.98 Å². The Kier molecular flexibility index (Phi) is 3.28. The van der Waals surface area contributed by atoms with Crippen LogP contribution in [-0.4, -0.2) is 20.6 Å². The molecule has 0 aliphatic carbocycles. The van der Waals surface area contributed by atoms with Crippen LogP contribution in [0.1, 0.15) is 25.4 Å². The van der Waals surface area contributed by atoms with Crippen molar-refractivity contribution < 1.29 is 9.90 Å². The van der Waals surface area contributed by atoms with Crippen molar-refractivity contribution >= 4 is 5.97 Å². The Labute approximate surface area is 83.6 Å². The van der Waals surface area contributed by atoms with Crippen LogP contribution in [-0.2, 0) is 17.8 Å². The fourth-order valence-corrected chi connectivity index (χ4v) is 1.40. The minimum atomic E-state index is -0.832. The zero-order valence-corrected chi connectivity index (χ0v) is 8.82. The van der Waals surface area contributed by atoms with Gasteiger partial charge in [0.2, 0.25) is 0 Å². The van der Waals surface area contributed by atoms with Gasteiger partial charge in [0.1, 0.15) is 12.4 Å². The molecule has 4 nitrogen and oxygen atoms in total. The Morgan fingerprint density at radius 1 is 1.64 bits per heavy atom. The van der Waals surface area contributed by atoms with Crippen LogP contribution >= 0.6 is 0 Å². The summed E-state index contributed by atoms with van der Waals surface area (Å²) in [6.45, 7) is 6.06. The molecular formula is C10H16N2O2. The lowest BCUT2D eigenvalue weighted by atomic mass is 10.1. The fraction of sp³-hybridized carbons (Fsp3) is 0.600. The van der Waals surface area contributed by atoms with Gasteiger partial charge in [-0.15, -0.1) is 0 Å². The van der Waals surface area contributed by atoms with E-state index in [9.17, 15) is 4.79 Å². The molecule has 0 unspecified atom stereocenters. The van der Waals surface area contributed by atoms with Crippen LogP contribution in [0.15, 0.2) is 6.20 Å². The van der Waals surface area contributed by atoms with Crippen LogP contribution in [0.25, 0.3) is 0 Å². The first-order chi connectivity index (χ1) is 6.49. The van der Waals surface area contributed by atoms with Gasteiger partial charge in [0.05, 0.1) is 5.69 Å². The normalized spacial score (nSPS) is 10.9. The molecule has 0 amide bonds. The maximum absolute atomic E-state index is 10.5. The number of carboxylic acids is 1. The molecule has 1 N–H and O–H groups in total. The van der Waals surface area contributed by atoms with Gasteiger partial charge >= 0.3 is 5.97 Å². The van der Waals surface area contributed by atoms with E-state index in [2.05, 4.69) is 18.8 Å². The van der Waals surface area contributed by atoms with E-state index in [4.69, 9.17) is 5.11 Å². The van der Waals surface area contributed by atoms with Crippen molar-refractivity contribution in [2.45, 2.75) is 33.7 Å². The summed E-state index contributed by atoms with van der Waals surface area (Å²) in [6.07, 6.45) is 2.72. The smallest absolute Gasteiger partial charge is 0.323 e. The molecule has 14 heavy (non-hydrogen) atoms. The predicted octanol–water partition coefficient (Wildman–Crippen LogP) is 1.47. The minimum absolute atomic E-state index is 0.00305. The third-order valence-corrected chi connectivity index (χ3v) is 1.95.